The number of aliphatic hydroxyl groups excluding tert-OH is 1. The van der Waals surface area contributed by atoms with Crippen LogP contribution in [-0.2, 0) is 16.9 Å². The lowest BCUT2D eigenvalue weighted by Crippen LogP contribution is -2.42. The summed E-state index contributed by atoms with van der Waals surface area (Å²) in [5, 5.41) is 15.9. The van der Waals surface area contributed by atoms with Crippen LogP contribution in [0.3, 0.4) is 0 Å². The Bertz CT molecular complexity index is 1240. The first-order chi connectivity index (χ1) is 15.0. The Hall–Kier alpha value is -3.64. The van der Waals surface area contributed by atoms with E-state index in [1.54, 1.807) is 6.92 Å². The van der Waals surface area contributed by atoms with Crippen LogP contribution in [0, 0.1) is 0 Å². The number of nitrogens with one attached hydrogen (secondary N) is 1. The van der Waals surface area contributed by atoms with Crippen molar-refractivity contribution in [2.24, 2.45) is 0 Å². The molecule has 0 bridgehead atoms. The summed E-state index contributed by atoms with van der Waals surface area (Å²) in [5.74, 6) is -0.357. The summed E-state index contributed by atoms with van der Waals surface area (Å²) in [6.07, 6.45) is -0.910. The predicted molar refractivity (Wildman–Crippen MR) is 119 cm³/mol. The van der Waals surface area contributed by atoms with Crippen LogP contribution >= 0.6 is 0 Å². The number of rotatable bonds is 5. The molecule has 1 fully saturated rings. The number of carbonyl (C=O) groups excluding carboxylic acids is 2. The van der Waals surface area contributed by atoms with Crippen LogP contribution < -0.4 is 5.32 Å². The van der Waals surface area contributed by atoms with E-state index in [1.807, 2.05) is 71.3 Å². The molecule has 0 unspecified atom stereocenters. The monoisotopic (exact) mass is 413 g/mol. The molecule has 4 aromatic rings. The number of para-hydroxylation sites is 2. The van der Waals surface area contributed by atoms with Gasteiger partial charge in [0.15, 0.2) is 0 Å². The third-order valence-electron chi connectivity index (χ3n) is 6.09. The first-order valence-corrected chi connectivity index (χ1v) is 10.3. The van der Waals surface area contributed by atoms with Crippen molar-refractivity contribution in [1.82, 2.24) is 14.8 Å². The summed E-state index contributed by atoms with van der Waals surface area (Å²) in [6.45, 7) is 1.89. The number of aliphatic hydroxyl groups is 1. The van der Waals surface area contributed by atoms with Gasteiger partial charge in [0, 0.05) is 21.8 Å². The first-order valence-electron chi connectivity index (χ1n) is 10.3. The van der Waals surface area contributed by atoms with E-state index in [2.05, 4.69) is 17.4 Å². The molecule has 1 aromatic heterocycles. The second-order valence-electron chi connectivity index (χ2n) is 8.14. The largest absolute Gasteiger partial charge is 0.389 e. The maximum absolute atomic E-state index is 13.1. The van der Waals surface area contributed by atoms with Crippen LogP contribution in [0.4, 0.5) is 4.79 Å². The fourth-order valence-corrected chi connectivity index (χ4v) is 4.51. The number of carbonyl (C=O) groups is 2. The lowest BCUT2D eigenvalue weighted by Gasteiger charge is -2.23. The molecule has 6 nitrogen and oxygen atoms in total. The second kappa shape index (κ2) is 7.25. The van der Waals surface area contributed by atoms with Crippen LogP contribution in [0.25, 0.3) is 21.8 Å². The lowest BCUT2D eigenvalue weighted by atomic mass is 9.92. The molecule has 0 aliphatic carbocycles. The average Bonchev–Trinajstić information content (AvgIpc) is 3.22. The van der Waals surface area contributed by atoms with E-state index >= 15 is 0 Å². The van der Waals surface area contributed by atoms with Crippen molar-refractivity contribution < 1.29 is 14.7 Å². The first kappa shape index (κ1) is 19.3. The molecule has 0 radical (unpaired) electrons. The Labute approximate surface area is 179 Å². The minimum atomic E-state index is -1.13. The van der Waals surface area contributed by atoms with Gasteiger partial charge in [-0.2, -0.15) is 0 Å². The lowest BCUT2D eigenvalue weighted by molar-refractivity contribution is -0.132. The van der Waals surface area contributed by atoms with Crippen molar-refractivity contribution in [3.8, 4) is 0 Å². The SMILES string of the molecule is C[C@@]1(c2ccccc2)NC(=O)N(C[C@H](O)Cn2c3ccccc3c3ccccc32)C1=O. The van der Waals surface area contributed by atoms with Crippen LogP contribution in [0.1, 0.15) is 12.5 Å². The topological polar surface area (TPSA) is 74.6 Å². The van der Waals surface area contributed by atoms with Crippen molar-refractivity contribution in [2.45, 2.75) is 25.1 Å². The van der Waals surface area contributed by atoms with E-state index < -0.39 is 17.7 Å². The maximum atomic E-state index is 13.1. The highest BCUT2D eigenvalue weighted by atomic mass is 16.3. The van der Waals surface area contributed by atoms with Gasteiger partial charge in [-0.05, 0) is 24.6 Å². The van der Waals surface area contributed by atoms with Crippen molar-refractivity contribution in [3.63, 3.8) is 0 Å². The molecule has 3 amide bonds. The molecule has 31 heavy (non-hydrogen) atoms. The third kappa shape index (κ3) is 3.07. The molecule has 2 N–H and O–H groups in total. The normalized spacial score (nSPS) is 19.9. The van der Waals surface area contributed by atoms with Gasteiger partial charge in [0.25, 0.3) is 5.91 Å². The van der Waals surface area contributed by atoms with Gasteiger partial charge in [0.1, 0.15) is 5.54 Å². The number of amides is 3. The Morgan fingerprint density at radius 2 is 1.39 bits per heavy atom. The summed E-state index contributed by atoms with van der Waals surface area (Å²) in [4.78, 5) is 26.9. The third-order valence-corrected chi connectivity index (χ3v) is 6.09. The van der Waals surface area contributed by atoms with Gasteiger partial charge < -0.3 is 15.0 Å². The summed E-state index contributed by atoms with van der Waals surface area (Å²) in [6, 6.07) is 24.7. The average molecular weight is 413 g/mol. The molecule has 1 saturated heterocycles. The Balaban J connectivity index is 1.42. The molecular weight excluding hydrogens is 390 g/mol. The zero-order valence-electron chi connectivity index (χ0n) is 17.2. The number of benzene rings is 3. The van der Waals surface area contributed by atoms with Gasteiger partial charge in [0.05, 0.1) is 19.2 Å². The van der Waals surface area contributed by atoms with Crippen molar-refractivity contribution in [3.05, 3.63) is 84.4 Å². The summed E-state index contributed by atoms with van der Waals surface area (Å²) in [7, 11) is 0. The standard InChI is InChI=1S/C25H23N3O3/c1-25(17-9-3-2-4-10-17)23(30)28(24(31)26-25)16-18(29)15-27-21-13-7-5-11-19(21)20-12-6-8-14-22(20)27/h2-14,18,29H,15-16H2,1H3,(H,26,31)/t18-,25+/m1/s1. The molecule has 2 heterocycles. The number of urea groups is 1. The number of aromatic nitrogens is 1. The molecule has 0 spiro atoms. The Kier molecular flexibility index (Phi) is 4.52. The van der Waals surface area contributed by atoms with Gasteiger partial charge >= 0.3 is 6.03 Å². The fourth-order valence-electron chi connectivity index (χ4n) is 4.51. The molecule has 1 aliphatic rings. The van der Waals surface area contributed by atoms with Crippen molar-refractivity contribution in [1.29, 1.82) is 0 Å². The molecule has 156 valence electrons. The Morgan fingerprint density at radius 1 is 0.839 bits per heavy atom. The van der Waals surface area contributed by atoms with E-state index in [-0.39, 0.29) is 19.0 Å². The van der Waals surface area contributed by atoms with Crippen LogP contribution in [0.2, 0.25) is 0 Å². The molecule has 1 aliphatic heterocycles. The number of hydrogen-bond acceptors (Lipinski definition) is 3. The summed E-state index contributed by atoms with van der Waals surface area (Å²) in [5.41, 5.74) is 1.60. The maximum Gasteiger partial charge on any atom is 0.325 e. The minimum absolute atomic E-state index is 0.0755. The van der Waals surface area contributed by atoms with E-state index in [1.165, 1.54) is 0 Å². The van der Waals surface area contributed by atoms with Crippen LogP contribution in [-0.4, -0.2) is 39.2 Å². The van der Waals surface area contributed by atoms with Crippen LogP contribution in [0.5, 0.6) is 0 Å². The van der Waals surface area contributed by atoms with Gasteiger partial charge in [0.2, 0.25) is 0 Å². The van der Waals surface area contributed by atoms with Crippen LogP contribution in [0.15, 0.2) is 78.9 Å². The number of fused-ring (bicyclic) bond motifs is 3. The molecular formula is C25H23N3O3. The molecule has 0 saturated carbocycles. The quantitative estimate of drug-likeness (QED) is 0.491. The second-order valence-corrected chi connectivity index (χ2v) is 8.14. The zero-order chi connectivity index (χ0) is 21.6. The fraction of sp³-hybridized carbons (Fsp3) is 0.200. The molecule has 6 heteroatoms. The molecule has 3 aromatic carbocycles. The molecule has 5 rings (SSSR count). The number of nitrogens with zero attached hydrogens (tertiary/aromatic N) is 2. The van der Waals surface area contributed by atoms with Gasteiger partial charge in [-0.25, -0.2) is 4.79 Å². The number of β-amino-alcohol motifs (C(OH)–C–C–N with tert-alkyl or cyclic N) is 1. The minimum Gasteiger partial charge on any atom is -0.389 e. The highest BCUT2D eigenvalue weighted by Crippen LogP contribution is 2.31. The zero-order valence-corrected chi connectivity index (χ0v) is 17.2. The molecule has 2 atom stereocenters. The van der Waals surface area contributed by atoms with E-state index in [4.69, 9.17) is 0 Å². The van der Waals surface area contributed by atoms with E-state index in [9.17, 15) is 14.7 Å². The highest BCUT2D eigenvalue weighted by Gasteiger charge is 2.49. The Morgan fingerprint density at radius 3 is 2.00 bits per heavy atom. The van der Waals surface area contributed by atoms with E-state index in [0.717, 1.165) is 26.7 Å². The van der Waals surface area contributed by atoms with Crippen molar-refractivity contribution in [2.75, 3.05) is 6.54 Å². The predicted octanol–water partition coefficient (Wildman–Crippen LogP) is 3.62. The van der Waals surface area contributed by atoms with E-state index in [0.29, 0.717) is 5.56 Å². The number of hydrogen-bond donors (Lipinski definition) is 2. The van der Waals surface area contributed by atoms with Gasteiger partial charge in [-0.15, -0.1) is 0 Å². The highest BCUT2D eigenvalue weighted by molar-refractivity contribution is 6.08. The summed E-state index contributed by atoms with van der Waals surface area (Å²) >= 11 is 0. The smallest absolute Gasteiger partial charge is 0.325 e. The van der Waals surface area contributed by atoms with Gasteiger partial charge in [-0.1, -0.05) is 66.7 Å². The summed E-state index contributed by atoms with van der Waals surface area (Å²) < 4.78 is 2.05. The van der Waals surface area contributed by atoms with Gasteiger partial charge in [-0.3, -0.25) is 9.69 Å². The van der Waals surface area contributed by atoms with Crippen molar-refractivity contribution >= 4 is 33.7 Å². The number of imide groups is 1.